The molecule has 3 nitrogen and oxygen atoms in total. The number of nitrogens with one attached hydrogen (secondary N) is 1. The quantitative estimate of drug-likeness (QED) is 0.838. The van der Waals surface area contributed by atoms with Crippen LogP contribution >= 0.6 is 0 Å². The molecule has 2 atom stereocenters. The van der Waals surface area contributed by atoms with Gasteiger partial charge in [-0.25, -0.2) is 0 Å². The summed E-state index contributed by atoms with van der Waals surface area (Å²) in [7, 11) is 0. The number of rotatable bonds is 5. The number of hydrogen-bond donors (Lipinski definition) is 1. The van der Waals surface area contributed by atoms with Crippen LogP contribution in [0.3, 0.4) is 0 Å². The Morgan fingerprint density at radius 3 is 2.75 bits per heavy atom. The van der Waals surface area contributed by atoms with Gasteiger partial charge in [-0.2, -0.15) is 0 Å². The van der Waals surface area contributed by atoms with Crippen LogP contribution in [0.15, 0.2) is 0 Å². The van der Waals surface area contributed by atoms with Gasteiger partial charge in [-0.15, -0.1) is 0 Å². The number of ether oxygens (including phenoxy) is 1. The van der Waals surface area contributed by atoms with Gasteiger partial charge in [-0.3, -0.25) is 4.90 Å². The highest BCUT2D eigenvalue weighted by atomic mass is 16.5. The second kappa shape index (κ2) is 6.76. The molecule has 0 radical (unpaired) electrons. The largest absolute Gasteiger partial charge is 0.370 e. The van der Waals surface area contributed by atoms with Gasteiger partial charge in [0.2, 0.25) is 0 Å². The Morgan fingerprint density at radius 2 is 1.95 bits per heavy atom. The van der Waals surface area contributed by atoms with Crippen LogP contribution in [0.4, 0.5) is 0 Å². The van der Waals surface area contributed by atoms with Crippen molar-refractivity contribution in [3.63, 3.8) is 0 Å². The van der Waals surface area contributed by atoms with Crippen molar-refractivity contribution in [3.8, 4) is 0 Å². The molecular formula is C17H32N2O. The Bertz CT molecular complexity index is 301. The SMILES string of the molecule is CCNCC1CCCCN1CC1CCC2(CCCC2)O1. The van der Waals surface area contributed by atoms with E-state index in [1.807, 2.05) is 0 Å². The van der Waals surface area contributed by atoms with E-state index >= 15 is 0 Å². The second-order valence-corrected chi connectivity index (χ2v) is 7.12. The van der Waals surface area contributed by atoms with Crippen LogP contribution in [0, 0.1) is 0 Å². The third-order valence-electron chi connectivity index (χ3n) is 5.67. The maximum Gasteiger partial charge on any atom is 0.0710 e. The average Bonchev–Trinajstić information content (AvgIpc) is 3.09. The molecule has 3 aliphatic rings. The van der Waals surface area contributed by atoms with Crippen molar-refractivity contribution >= 4 is 0 Å². The van der Waals surface area contributed by atoms with Crippen LogP contribution in [0.5, 0.6) is 0 Å². The molecule has 0 bridgehead atoms. The predicted molar refractivity (Wildman–Crippen MR) is 83.1 cm³/mol. The first-order valence-electron chi connectivity index (χ1n) is 8.94. The van der Waals surface area contributed by atoms with Crippen molar-refractivity contribution in [1.82, 2.24) is 10.2 Å². The van der Waals surface area contributed by atoms with E-state index in [-0.39, 0.29) is 0 Å². The highest BCUT2D eigenvalue weighted by Gasteiger charge is 2.42. The Morgan fingerprint density at radius 1 is 1.10 bits per heavy atom. The second-order valence-electron chi connectivity index (χ2n) is 7.12. The summed E-state index contributed by atoms with van der Waals surface area (Å²) in [5.41, 5.74) is 0.303. The van der Waals surface area contributed by atoms with Crippen LogP contribution in [-0.2, 0) is 4.74 Å². The first kappa shape index (κ1) is 14.8. The number of nitrogens with zero attached hydrogens (tertiary/aromatic N) is 1. The molecule has 1 N–H and O–H groups in total. The van der Waals surface area contributed by atoms with Gasteiger partial charge in [-0.05, 0) is 51.6 Å². The highest BCUT2D eigenvalue weighted by molar-refractivity contribution is 4.94. The first-order valence-corrected chi connectivity index (χ1v) is 8.94. The number of likely N-dealkylation sites (N-methyl/N-ethyl adjacent to an activating group) is 1. The molecule has 2 unspecified atom stereocenters. The van der Waals surface area contributed by atoms with Crippen LogP contribution in [0.1, 0.15) is 64.7 Å². The lowest BCUT2D eigenvalue weighted by atomic mass is 9.98. The van der Waals surface area contributed by atoms with Gasteiger partial charge in [0.15, 0.2) is 0 Å². The molecule has 2 aliphatic heterocycles. The monoisotopic (exact) mass is 280 g/mol. The van der Waals surface area contributed by atoms with Crippen LogP contribution in [-0.4, -0.2) is 48.8 Å². The van der Waals surface area contributed by atoms with Gasteiger partial charge in [0.1, 0.15) is 0 Å². The third-order valence-corrected chi connectivity index (χ3v) is 5.67. The summed E-state index contributed by atoms with van der Waals surface area (Å²) < 4.78 is 6.50. The third kappa shape index (κ3) is 3.37. The van der Waals surface area contributed by atoms with E-state index in [0.717, 1.165) is 19.1 Å². The van der Waals surface area contributed by atoms with E-state index in [1.54, 1.807) is 0 Å². The summed E-state index contributed by atoms with van der Waals surface area (Å²) >= 11 is 0. The van der Waals surface area contributed by atoms with Crippen molar-refractivity contribution in [2.75, 3.05) is 26.2 Å². The minimum Gasteiger partial charge on any atom is -0.370 e. The van der Waals surface area contributed by atoms with E-state index in [1.165, 1.54) is 70.9 Å². The summed E-state index contributed by atoms with van der Waals surface area (Å²) in [5, 5.41) is 3.54. The lowest BCUT2D eigenvalue weighted by molar-refractivity contribution is -0.0539. The highest BCUT2D eigenvalue weighted by Crippen LogP contribution is 2.43. The van der Waals surface area contributed by atoms with Crippen molar-refractivity contribution in [3.05, 3.63) is 0 Å². The lowest BCUT2D eigenvalue weighted by Gasteiger charge is -2.37. The van der Waals surface area contributed by atoms with Gasteiger partial charge in [0.05, 0.1) is 11.7 Å². The summed E-state index contributed by atoms with van der Waals surface area (Å²) in [4.78, 5) is 2.71. The van der Waals surface area contributed by atoms with Gasteiger partial charge in [0, 0.05) is 19.1 Å². The Kier molecular flexibility index (Phi) is 5.00. The maximum atomic E-state index is 6.50. The van der Waals surface area contributed by atoms with Crippen molar-refractivity contribution in [2.24, 2.45) is 0 Å². The van der Waals surface area contributed by atoms with Crippen molar-refractivity contribution in [1.29, 1.82) is 0 Å². The maximum absolute atomic E-state index is 6.50. The minimum atomic E-state index is 0.303. The molecule has 3 fully saturated rings. The zero-order valence-electron chi connectivity index (χ0n) is 13.2. The smallest absolute Gasteiger partial charge is 0.0710 e. The standard InChI is InChI=1S/C17H32N2O/c1-2-18-13-15-7-3-6-12-19(15)14-16-8-11-17(20-16)9-4-5-10-17/h15-16,18H,2-14H2,1H3. The fourth-order valence-electron chi connectivity index (χ4n) is 4.52. The van der Waals surface area contributed by atoms with E-state index in [4.69, 9.17) is 4.74 Å². The molecule has 3 heteroatoms. The molecule has 20 heavy (non-hydrogen) atoms. The van der Waals surface area contributed by atoms with E-state index in [9.17, 15) is 0 Å². The molecule has 3 rings (SSSR count). The summed E-state index contributed by atoms with van der Waals surface area (Å²) in [5.74, 6) is 0. The van der Waals surface area contributed by atoms with E-state index in [2.05, 4.69) is 17.1 Å². The van der Waals surface area contributed by atoms with Crippen LogP contribution in [0.2, 0.25) is 0 Å². The van der Waals surface area contributed by atoms with Gasteiger partial charge in [-0.1, -0.05) is 26.2 Å². The van der Waals surface area contributed by atoms with Crippen molar-refractivity contribution in [2.45, 2.75) is 82.5 Å². The Hall–Kier alpha value is -0.120. The minimum absolute atomic E-state index is 0.303. The molecule has 0 aromatic heterocycles. The predicted octanol–water partition coefficient (Wildman–Crippen LogP) is 2.94. The molecule has 2 heterocycles. The van der Waals surface area contributed by atoms with Crippen LogP contribution in [0.25, 0.3) is 0 Å². The van der Waals surface area contributed by atoms with Crippen molar-refractivity contribution < 1.29 is 4.74 Å². The Balaban J connectivity index is 1.50. The van der Waals surface area contributed by atoms with Gasteiger partial charge in [0.25, 0.3) is 0 Å². The van der Waals surface area contributed by atoms with E-state index in [0.29, 0.717) is 11.7 Å². The molecule has 0 aromatic rings. The van der Waals surface area contributed by atoms with Crippen LogP contribution < -0.4 is 5.32 Å². The normalized spacial score (nSPS) is 34.0. The molecular weight excluding hydrogens is 248 g/mol. The molecule has 116 valence electrons. The molecule has 2 saturated heterocycles. The zero-order valence-corrected chi connectivity index (χ0v) is 13.2. The Labute approximate surface area is 124 Å². The van der Waals surface area contributed by atoms with E-state index < -0.39 is 0 Å². The molecule has 1 saturated carbocycles. The molecule has 0 aromatic carbocycles. The fourth-order valence-corrected chi connectivity index (χ4v) is 4.52. The summed E-state index contributed by atoms with van der Waals surface area (Å²) in [6.45, 7) is 6.92. The average molecular weight is 280 g/mol. The molecule has 0 amide bonds. The molecule has 1 spiro atoms. The topological polar surface area (TPSA) is 24.5 Å². The summed E-state index contributed by atoms with van der Waals surface area (Å²) in [6.07, 6.45) is 12.7. The first-order chi connectivity index (χ1) is 9.81. The van der Waals surface area contributed by atoms with Gasteiger partial charge >= 0.3 is 0 Å². The number of hydrogen-bond acceptors (Lipinski definition) is 3. The fraction of sp³-hybridized carbons (Fsp3) is 1.00. The zero-order chi connectivity index (χ0) is 13.8. The van der Waals surface area contributed by atoms with Gasteiger partial charge < -0.3 is 10.1 Å². The lowest BCUT2D eigenvalue weighted by Crippen LogP contribution is -2.48. The number of piperidine rings is 1. The summed E-state index contributed by atoms with van der Waals surface area (Å²) in [6, 6.07) is 0.743. The molecule has 1 aliphatic carbocycles. The number of likely N-dealkylation sites (tertiary alicyclic amines) is 1.